The second-order valence-corrected chi connectivity index (χ2v) is 9.00. The van der Waals surface area contributed by atoms with Crippen LogP contribution in [-0.2, 0) is 21.2 Å². The van der Waals surface area contributed by atoms with Gasteiger partial charge in [0.2, 0.25) is 15.9 Å². The molecule has 2 aromatic rings. The zero-order valence-electron chi connectivity index (χ0n) is 16.2. The molecule has 2 aromatic carbocycles. The number of nitrogens with one attached hydrogen (secondary N) is 1. The van der Waals surface area contributed by atoms with E-state index in [1.807, 2.05) is 37.3 Å². The van der Waals surface area contributed by atoms with E-state index in [1.165, 1.54) is 37.9 Å². The first-order valence-corrected chi connectivity index (χ1v) is 10.7. The van der Waals surface area contributed by atoms with Crippen LogP contribution >= 0.6 is 11.6 Å². The maximum Gasteiger partial charge on any atom is 0.243 e. The van der Waals surface area contributed by atoms with Crippen LogP contribution in [0.4, 0.5) is 0 Å². The number of methoxy groups -OCH3 is 1. The predicted molar refractivity (Wildman–Crippen MR) is 110 cm³/mol. The molecule has 0 unspecified atom stereocenters. The van der Waals surface area contributed by atoms with Gasteiger partial charge in [0.25, 0.3) is 0 Å². The molecular formula is C20H25ClN2O4S. The molecule has 0 fully saturated rings. The van der Waals surface area contributed by atoms with Gasteiger partial charge in [0.1, 0.15) is 5.75 Å². The summed E-state index contributed by atoms with van der Waals surface area (Å²) < 4.78 is 31.4. The highest BCUT2D eigenvalue weighted by molar-refractivity contribution is 7.89. The van der Waals surface area contributed by atoms with Gasteiger partial charge in [0.05, 0.1) is 23.6 Å². The molecule has 2 rings (SSSR count). The molecule has 0 heterocycles. The third-order valence-electron chi connectivity index (χ3n) is 4.31. The van der Waals surface area contributed by atoms with E-state index in [-0.39, 0.29) is 28.4 Å². The molecule has 0 aliphatic heterocycles. The van der Waals surface area contributed by atoms with E-state index in [9.17, 15) is 13.2 Å². The van der Waals surface area contributed by atoms with E-state index in [2.05, 4.69) is 5.32 Å². The molecule has 0 radical (unpaired) electrons. The highest BCUT2D eigenvalue weighted by Crippen LogP contribution is 2.28. The normalized spacial score (nSPS) is 12.6. The number of rotatable bonds is 9. The fraction of sp³-hybridized carbons (Fsp3) is 0.350. The van der Waals surface area contributed by atoms with Crippen LogP contribution in [0.25, 0.3) is 0 Å². The van der Waals surface area contributed by atoms with Crippen molar-refractivity contribution in [3.05, 3.63) is 59.1 Å². The van der Waals surface area contributed by atoms with Gasteiger partial charge in [-0.2, -0.15) is 4.31 Å². The molecule has 0 spiro atoms. The molecular weight excluding hydrogens is 400 g/mol. The van der Waals surface area contributed by atoms with Gasteiger partial charge in [-0.15, -0.1) is 0 Å². The van der Waals surface area contributed by atoms with Crippen LogP contribution in [0.1, 0.15) is 18.9 Å². The predicted octanol–water partition coefficient (Wildman–Crippen LogP) is 3.11. The largest absolute Gasteiger partial charge is 0.495 e. The van der Waals surface area contributed by atoms with Crippen molar-refractivity contribution in [2.24, 2.45) is 0 Å². The summed E-state index contributed by atoms with van der Waals surface area (Å²) >= 11 is 6.01. The van der Waals surface area contributed by atoms with E-state index < -0.39 is 10.0 Å². The van der Waals surface area contributed by atoms with Crippen LogP contribution in [-0.4, -0.2) is 45.4 Å². The third-order valence-corrected chi connectivity index (χ3v) is 6.41. The Balaban J connectivity index is 1.92. The SMILES string of the molecule is COc1ccc(S(=O)(=O)N(C)CC(=O)N[C@@H](C)CCc2ccccc2)cc1Cl. The summed E-state index contributed by atoms with van der Waals surface area (Å²) in [5.74, 6) is 0.0273. The molecule has 0 saturated carbocycles. The van der Waals surface area contributed by atoms with E-state index >= 15 is 0 Å². The highest BCUT2D eigenvalue weighted by Gasteiger charge is 2.24. The number of benzene rings is 2. The minimum Gasteiger partial charge on any atom is -0.495 e. The first-order valence-electron chi connectivity index (χ1n) is 8.87. The number of hydrogen-bond acceptors (Lipinski definition) is 4. The number of carbonyl (C=O) groups is 1. The van der Waals surface area contributed by atoms with Gasteiger partial charge in [0, 0.05) is 13.1 Å². The number of ether oxygens (including phenoxy) is 1. The number of amides is 1. The standard InChI is InChI=1S/C20H25ClN2O4S/c1-15(9-10-16-7-5-4-6-8-16)22-20(24)14-23(2)28(25,26)17-11-12-19(27-3)18(21)13-17/h4-8,11-13,15H,9-10,14H2,1-3H3,(H,22,24)/t15-/m0/s1. The topological polar surface area (TPSA) is 75.7 Å². The van der Waals surface area contributed by atoms with Gasteiger partial charge in [0.15, 0.2) is 0 Å². The summed E-state index contributed by atoms with van der Waals surface area (Å²) in [7, 11) is -1.03. The van der Waals surface area contributed by atoms with Crippen molar-refractivity contribution in [1.82, 2.24) is 9.62 Å². The smallest absolute Gasteiger partial charge is 0.243 e. The number of aryl methyl sites for hydroxylation is 1. The molecule has 1 amide bonds. The molecule has 0 aliphatic rings. The summed E-state index contributed by atoms with van der Waals surface area (Å²) in [5.41, 5.74) is 1.19. The van der Waals surface area contributed by atoms with E-state index in [0.717, 1.165) is 17.1 Å². The van der Waals surface area contributed by atoms with Gasteiger partial charge < -0.3 is 10.1 Å². The quantitative estimate of drug-likeness (QED) is 0.671. The number of likely N-dealkylation sites (N-methyl/N-ethyl adjacent to an activating group) is 1. The maximum absolute atomic E-state index is 12.7. The highest BCUT2D eigenvalue weighted by atomic mass is 35.5. The van der Waals surface area contributed by atoms with Crippen molar-refractivity contribution in [3.8, 4) is 5.75 Å². The van der Waals surface area contributed by atoms with Crippen molar-refractivity contribution in [3.63, 3.8) is 0 Å². The Morgan fingerprint density at radius 3 is 2.50 bits per heavy atom. The lowest BCUT2D eigenvalue weighted by Gasteiger charge is -2.19. The minimum absolute atomic E-state index is 0.00530. The Morgan fingerprint density at radius 2 is 1.89 bits per heavy atom. The van der Waals surface area contributed by atoms with Crippen molar-refractivity contribution in [1.29, 1.82) is 0 Å². The van der Waals surface area contributed by atoms with E-state index in [4.69, 9.17) is 16.3 Å². The maximum atomic E-state index is 12.7. The number of carbonyl (C=O) groups excluding carboxylic acids is 1. The van der Waals surface area contributed by atoms with Gasteiger partial charge in [-0.05, 0) is 43.5 Å². The summed E-state index contributed by atoms with van der Waals surface area (Å²) in [6.07, 6.45) is 1.60. The molecule has 1 N–H and O–H groups in total. The number of nitrogens with zero attached hydrogens (tertiary/aromatic N) is 1. The lowest BCUT2D eigenvalue weighted by atomic mass is 10.1. The molecule has 152 valence electrons. The van der Waals surface area contributed by atoms with Crippen LogP contribution < -0.4 is 10.1 Å². The zero-order chi connectivity index (χ0) is 20.7. The van der Waals surface area contributed by atoms with Crippen LogP contribution in [0.3, 0.4) is 0 Å². The van der Waals surface area contributed by atoms with Crippen molar-refractivity contribution in [2.75, 3.05) is 20.7 Å². The summed E-state index contributed by atoms with van der Waals surface area (Å²) in [6, 6.07) is 14.1. The fourth-order valence-electron chi connectivity index (χ4n) is 2.70. The molecule has 0 aromatic heterocycles. The molecule has 6 nitrogen and oxygen atoms in total. The number of halogens is 1. The second-order valence-electron chi connectivity index (χ2n) is 6.55. The van der Waals surface area contributed by atoms with E-state index in [1.54, 1.807) is 0 Å². The monoisotopic (exact) mass is 424 g/mol. The van der Waals surface area contributed by atoms with Crippen molar-refractivity contribution < 1.29 is 17.9 Å². The van der Waals surface area contributed by atoms with Gasteiger partial charge in [-0.1, -0.05) is 41.9 Å². The molecule has 1 atom stereocenters. The summed E-state index contributed by atoms with van der Waals surface area (Å²) in [5, 5.41) is 3.03. The Morgan fingerprint density at radius 1 is 1.21 bits per heavy atom. The average Bonchev–Trinajstić information content (AvgIpc) is 2.66. The Labute approximate surface area is 171 Å². The summed E-state index contributed by atoms with van der Waals surface area (Å²) in [6.45, 7) is 1.63. The zero-order valence-corrected chi connectivity index (χ0v) is 17.8. The van der Waals surface area contributed by atoms with Gasteiger partial charge in [-0.3, -0.25) is 4.79 Å². The third kappa shape index (κ3) is 5.95. The first-order chi connectivity index (χ1) is 13.2. The van der Waals surface area contributed by atoms with Gasteiger partial charge >= 0.3 is 0 Å². The van der Waals surface area contributed by atoms with Gasteiger partial charge in [-0.25, -0.2) is 8.42 Å². The van der Waals surface area contributed by atoms with Crippen LogP contribution in [0.2, 0.25) is 5.02 Å². The summed E-state index contributed by atoms with van der Waals surface area (Å²) in [4.78, 5) is 12.3. The van der Waals surface area contributed by atoms with Crippen LogP contribution in [0.15, 0.2) is 53.4 Å². The van der Waals surface area contributed by atoms with E-state index in [0.29, 0.717) is 5.75 Å². The molecule has 28 heavy (non-hydrogen) atoms. The lowest BCUT2D eigenvalue weighted by molar-refractivity contribution is -0.121. The molecule has 0 saturated heterocycles. The number of sulfonamides is 1. The second kappa shape index (κ2) is 9.91. The Kier molecular flexibility index (Phi) is 7.86. The Bertz CT molecular complexity index is 904. The first kappa shape index (κ1) is 22.2. The average molecular weight is 425 g/mol. The van der Waals surface area contributed by atoms with Crippen LogP contribution in [0, 0.1) is 0 Å². The lowest BCUT2D eigenvalue weighted by Crippen LogP contribution is -2.41. The molecule has 0 bridgehead atoms. The molecule has 0 aliphatic carbocycles. The van der Waals surface area contributed by atoms with Crippen molar-refractivity contribution in [2.45, 2.75) is 30.7 Å². The van der Waals surface area contributed by atoms with Crippen molar-refractivity contribution >= 4 is 27.5 Å². The fourth-order valence-corrected chi connectivity index (χ4v) is 4.17. The minimum atomic E-state index is -3.84. The Hall–Kier alpha value is -2.09. The van der Waals surface area contributed by atoms with Crippen LogP contribution in [0.5, 0.6) is 5.75 Å². The number of hydrogen-bond donors (Lipinski definition) is 1. The molecule has 8 heteroatoms.